The minimum Gasteiger partial charge on any atom is -0.379 e. The zero-order chi connectivity index (χ0) is 23.4. The van der Waals surface area contributed by atoms with Crippen LogP contribution in [0.15, 0.2) is 0 Å². The lowest BCUT2D eigenvalue weighted by Gasteiger charge is -2.38. The number of hydroxylamine groups is 2. The molecule has 5 heteroatoms. The van der Waals surface area contributed by atoms with Crippen LogP contribution >= 0.6 is 0 Å². The summed E-state index contributed by atoms with van der Waals surface area (Å²) < 4.78 is 6.00. The van der Waals surface area contributed by atoms with Gasteiger partial charge in [-0.3, -0.25) is 0 Å². The Morgan fingerprint density at radius 2 is 1.00 bits per heavy atom. The van der Waals surface area contributed by atoms with Crippen LogP contribution in [0.3, 0.4) is 0 Å². The summed E-state index contributed by atoms with van der Waals surface area (Å²) in [6.45, 7) is 6.61. The predicted octanol–water partition coefficient (Wildman–Crippen LogP) is 7.04. The second-order valence-electron chi connectivity index (χ2n) is 10.2. The summed E-state index contributed by atoms with van der Waals surface area (Å²) in [4.78, 5) is 11.5. The molecule has 0 bridgehead atoms. The van der Waals surface area contributed by atoms with Gasteiger partial charge in [0.15, 0.2) is 0 Å². The van der Waals surface area contributed by atoms with E-state index in [1.54, 1.807) is 21.3 Å². The van der Waals surface area contributed by atoms with Crippen LogP contribution in [0.5, 0.6) is 0 Å². The van der Waals surface area contributed by atoms with Gasteiger partial charge in [0.1, 0.15) is 6.04 Å². The highest BCUT2D eigenvalue weighted by atomic mass is 28.2. The van der Waals surface area contributed by atoms with Crippen LogP contribution < -0.4 is 0 Å². The molecule has 0 saturated carbocycles. The average Bonchev–Trinajstić information content (AvgIpc) is 2.77. The van der Waals surface area contributed by atoms with Gasteiger partial charge in [-0.05, 0) is 20.3 Å². The van der Waals surface area contributed by atoms with Crippen molar-refractivity contribution in [3.05, 3.63) is 0 Å². The smallest absolute Gasteiger partial charge is 0.308 e. The zero-order valence-corrected chi connectivity index (χ0v) is 24.5. The van der Waals surface area contributed by atoms with Crippen molar-refractivity contribution in [1.29, 1.82) is 0 Å². The topological polar surface area (TPSA) is 27.7 Å². The van der Waals surface area contributed by atoms with Crippen LogP contribution in [-0.4, -0.2) is 47.9 Å². The first kappa shape index (κ1) is 31.1. The number of hydrogen-bond acceptors (Lipinski definition) is 3. The Labute approximate surface area is 198 Å². The molecule has 0 amide bonds. The van der Waals surface area contributed by atoms with E-state index in [4.69, 9.17) is 14.4 Å². The van der Waals surface area contributed by atoms with E-state index < -0.39 is 0 Å². The van der Waals surface area contributed by atoms with E-state index in [-0.39, 0.29) is 5.60 Å². The van der Waals surface area contributed by atoms with Gasteiger partial charge >= 0.3 is 10.4 Å². The lowest BCUT2D eigenvalue weighted by Crippen LogP contribution is -2.54. The first-order chi connectivity index (χ1) is 14.8. The largest absolute Gasteiger partial charge is 0.379 e. The van der Waals surface area contributed by atoms with Crippen molar-refractivity contribution < 1.29 is 18.9 Å². The highest BCUT2D eigenvalue weighted by Crippen LogP contribution is 2.27. The van der Waals surface area contributed by atoms with Gasteiger partial charge in [-0.25, -0.2) is 0 Å². The Bertz CT molecular complexity index is 389. The Kier molecular flexibility index (Phi) is 19.6. The molecule has 0 fully saturated rings. The average molecular weight is 461 g/mol. The maximum atomic E-state index is 5.74. The molecular formula is C26H58NO3Si+. The molecule has 0 heterocycles. The minimum absolute atomic E-state index is 0.148. The highest BCUT2D eigenvalue weighted by Gasteiger charge is 2.38. The quantitative estimate of drug-likeness (QED) is 0.0929. The molecule has 0 aromatic heterocycles. The molecule has 0 rings (SSSR count). The maximum absolute atomic E-state index is 5.74. The Hall–Kier alpha value is 0.0569. The number of rotatable bonds is 23. The molecule has 1 unspecified atom stereocenters. The standard InChI is InChI=1S/C26H58NO3Si/c1-7-8-9-10-11-12-13-14-15-16-17-18-19-20-21-22-23-25(24-26(2,3)28-4)27(31,29-5)30-6/h25H,7-24H2,1-6,31H3/q+1. The number of methoxy groups -OCH3 is 1. The van der Waals surface area contributed by atoms with Gasteiger partial charge in [-0.15, -0.1) is 4.48 Å². The molecular weight excluding hydrogens is 402 g/mol. The van der Waals surface area contributed by atoms with Crippen LogP contribution in [0.2, 0.25) is 0 Å². The van der Waals surface area contributed by atoms with E-state index in [1.807, 2.05) is 0 Å². The molecule has 0 aromatic carbocycles. The maximum Gasteiger partial charge on any atom is 0.308 e. The molecule has 0 aromatic rings. The number of ether oxygens (including phenoxy) is 1. The van der Waals surface area contributed by atoms with Gasteiger partial charge < -0.3 is 4.74 Å². The molecule has 0 spiro atoms. The summed E-state index contributed by atoms with van der Waals surface area (Å²) in [5.41, 5.74) is -0.148. The van der Waals surface area contributed by atoms with Gasteiger partial charge in [0, 0.05) is 20.0 Å². The fourth-order valence-corrected chi connectivity index (χ4v) is 4.89. The second-order valence-corrected chi connectivity index (χ2v) is 11.4. The molecule has 0 saturated heterocycles. The summed E-state index contributed by atoms with van der Waals surface area (Å²) >= 11 is 0. The summed E-state index contributed by atoms with van der Waals surface area (Å²) in [7, 11) is 6.13. The lowest BCUT2D eigenvalue weighted by molar-refractivity contribution is -1.18. The van der Waals surface area contributed by atoms with Crippen LogP contribution in [0.4, 0.5) is 0 Å². The number of unbranched alkanes of at least 4 members (excludes halogenated alkanes) is 15. The summed E-state index contributed by atoms with van der Waals surface area (Å²) in [6, 6.07) is 0.336. The zero-order valence-electron chi connectivity index (χ0n) is 22.5. The minimum atomic E-state index is -0.148. The molecule has 31 heavy (non-hydrogen) atoms. The van der Waals surface area contributed by atoms with Crippen molar-refractivity contribution in [3.8, 4) is 0 Å². The van der Waals surface area contributed by atoms with Gasteiger partial charge in [-0.2, -0.15) is 9.68 Å². The fourth-order valence-electron chi connectivity index (χ4n) is 4.45. The third-order valence-corrected chi connectivity index (χ3v) is 8.52. The normalized spacial score (nSPS) is 13.7. The SMILES string of the molecule is CCCCCCCCCCCCCCCCCCC(CC(C)(C)OC)[N+]([SiH3])(OC)OC. The third kappa shape index (κ3) is 16.3. The summed E-state index contributed by atoms with van der Waals surface area (Å²) in [6.07, 6.45) is 24.6. The van der Waals surface area contributed by atoms with Crippen molar-refractivity contribution >= 4 is 10.4 Å². The molecule has 188 valence electrons. The van der Waals surface area contributed by atoms with Crippen molar-refractivity contribution in [1.82, 2.24) is 0 Å². The summed E-state index contributed by atoms with van der Waals surface area (Å²) in [5.74, 6) is 0. The first-order valence-electron chi connectivity index (χ1n) is 13.4. The van der Waals surface area contributed by atoms with Crippen molar-refractivity contribution in [2.45, 2.75) is 148 Å². The van der Waals surface area contributed by atoms with Crippen molar-refractivity contribution in [2.24, 2.45) is 0 Å². The van der Waals surface area contributed by atoms with Crippen LogP contribution in [0.1, 0.15) is 136 Å². The van der Waals surface area contributed by atoms with Gasteiger partial charge in [0.05, 0.1) is 19.8 Å². The van der Waals surface area contributed by atoms with Gasteiger partial charge in [0.2, 0.25) is 0 Å². The summed E-state index contributed by atoms with van der Waals surface area (Å²) in [5, 5.41) is 0. The molecule has 0 radical (unpaired) electrons. The van der Waals surface area contributed by atoms with Crippen molar-refractivity contribution in [2.75, 3.05) is 21.3 Å². The first-order valence-corrected chi connectivity index (χ1v) is 14.3. The highest BCUT2D eigenvalue weighted by molar-refractivity contribution is 5.96. The molecule has 4 nitrogen and oxygen atoms in total. The number of quaternary nitrogens is 1. The van der Waals surface area contributed by atoms with Crippen LogP contribution in [-0.2, 0) is 14.4 Å². The van der Waals surface area contributed by atoms with Crippen LogP contribution in [0, 0.1) is 0 Å². The van der Waals surface area contributed by atoms with E-state index >= 15 is 0 Å². The van der Waals surface area contributed by atoms with E-state index in [1.165, 1.54) is 103 Å². The van der Waals surface area contributed by atoms with Gasteiger partial charge in [0.25, 0.3) is 0 Å². The van der Waals surface area contributed by atoms with E-state index in [9.17, 15) is 0 Å². The third-order valence-electron chi connectivity index (χ3n) is 7.06. The van der Waals surface area contributed by atoms with E-state index in [0.717, 1.165) is 23.2 Å². The fraction of sp³-hybridized carbons (Fsp3) is 1.00. The van der Waals surface area contributed by atoms with E-state index in [2.05, 4.69) is 20.8 Å². The second kappa shape index (κ2) is 19.5. The van der Waals surface area contributed by atoms with Gasteiger partial charge in [-0.1, -0.05) is 103 Å². The molecule has 1 atom stereocenters. The Balaban J connectivity index is 3.75. The van der Waals surface area contributed by atoms with Crippen molar-refractivity contribution in [3.63, 3.8) is 0 Å². The van der Waals surface area contributed by atoms with Crippen LogP contribution in [0.25, 0.3) is 0 Å². The molecule has 0 aliphatic rings. The monoisotopic (exact) mass is 460 g/mol. The molecule has 0 aliphatic heterocycles. The molecule has 0 N–H and O–H groups in total. The Morgan fingerprint density at radius 3 is 1.32 bits per heavy atom. The number of nitrogens with zero attached hydrogens (tertiary/aromatic N) is 1. The Morgan fingerprint density at radius 1 is 0.645 bits per heavy atom. The molecule has 0 aliphatic carbocycles. The predicted molar refractivity (Wildman–Crippen MR) is 138 cm³/mol. The lowest BCUT2D eigenvalue weighted by atomic mass is 9.95. The van der Waals surface area contributed by atoms with E-state index in [0.29, 0.717) is 10.5 Å². The number of hydrogen-bond donors (Lipinski definition) is 0.